The number of aliphatic hydroxyl groups is 1. The summed E-state index contributed by atoms with van der Waals surface area (Å²) in [4.78, 5) is 12.8. The highest BCUT2D eigenvalue weighted by Crippen LogP contribution is 2.38. The molecule has 0 spiro atoms. The number of carbonyl (C=O) groups is 1. The number of hydrogen-bond donors (Lipinski definition) is 1. The summed E-state index contributed by atoms with van der Waals surface area (Å²) in [6.45, 7) is 9.01. The number of rotatable bonds is 12. The molecule has 0 amide bonds. The predicted octanol–water partition coefficient (Wildman–Crippen LogP) is 4.44. The van der Waals surface area contributed by atoms with Gasteiger partial charge in [0.05, 0.1) is 25.4 Å². The molecule has 0 bridgehead atoms. The topological polar surface area (TPSA) is 102 Å². The minimum Gasteiger partial charge on any atom is -0.497 e. The molecule has 0 saturated carbocycles. The average Bonchev–Trinajstić information content (AvgIpc) is 3.08. The van der Waals surface area contributed by atoms with Gasteiger partial charge in [0.25, 0.3) is 0 Å². The third-order valence-electron chi connectivity index (χ3n) is 6.00. The number of hydrogen-bond acceptors (Lipinski definition) is 9. The summed E-state index contributed by atoms with van der Waals surface area (Å²) in [6, 6.07) is 3.45. The number of esters is 1. The highest BCUT2D eigenvalue weighted by molar-refractivity contribution is 5.98. The third kappa shape index (κ3) is 7.43. The molecule has 1 saturated heterocycles. The van der Waals surface area contributed by atoms with E-state index in [9.17, 15) is 9.90 Å². The second kappa shape index (κ2) is 11.9. The fourth-order valence-electron chi connectivity index (χ4n) is 4.52. The van der Waals surface area contributed by atoms with Gasteiger partial charge in [-0.2, -0.15) is 0 Å². The van der Waals surface area contributed by atoms with Gasteiger partial charge in [0.2, 0.25) is 5.79 Å². The zero-order chi connectivity index (χ0) is 26.5. The van der Waals surface area contributed by atoms with E-state index < -0.39 is 17.5 Å². The molecule has 1 N–H and O–H groups in total. The third-order valence-corrected chi connectivity index (χ3v) is 6.00. The van der Waals surface area contributed by atoms with Gasteiger partial charge in [0.1, 0.15) is 30.0 Å². The molecule has 2 heterocycles. The molecular weight excluding hydrogens is 468 g/mol. The second-order valence-corrected chi connectivity index (χ2v) is 10.1. The van der Waals surface area contributed by atoms with Crippen molar-refractivity contribution in [2.75, 3.05) is 21.0 Å². The van der Waals surface area contributed by atoms with Crippen LogP contribution in [0, 0.1) is 0 Å². The molecule has 1 aromatic rings. The molecule has 1 unspecified atom stereocenters. The fourth-order valence-corrected chi connectivity index (χ4v) is 4.52. The van der Waals surface area contributed by atoms with Crippen molar-refractivity contribution in [1.82, 2.24) is 0 Å². The summed E-state index contributed by atoms with van der Waals surface area (Å²) in [7, 11) is 3.13. The van der Waals surface area contributed by atoms with Crippen molar-refractivity contribution in [2.24, 2.45) is 0 Å². The number of benzene rings is 1. The normalized spacial score (nSPS) is 24.2. The maximum absolute atomic E-state index is 12.8. The molecule has 2 aliphatic heterocycles. The Hall–Kier alpha value is -2.17. The lowest BCUT2D eigenvalue weighted by Gasteiger charge is -2.32. The molecule has 1 fully saturated rings. The summed E-state index contributed by atoms with van der Waals surface area (Å²) in [5.74, 6) is -1.29. The van der Waals surface area contributed by atoms with Gasteiger partial charge < -0.3 is 38.3 Å². The first-order valence-corrected chi connectivity index (χ1v) is 12.4. The Bertz CT molecular complexity index is 922. The Labute approximate surface area is 213 Å². The van der Waals surface area contributed by atoms with Gasteiger partial charge >= 0.3 is 5.97 Å². The van der Waals surface area contributed by atoms with Crippen LogP contribution in [0.3, 0.4) is 0 Å². The smallest absolute Gasteiger partial charge is 0.345 e. The number of aliphatic hydroxyl groups excluding tert-OH is 1. The van der Waals surface area contributed by atoms with Gasteiger partial charge in [-0.15, -0.1) is 0 Å². The van der Waals surface area contributed by atoms with E-state index in [0.717, 1.165) is 12.8 Å². The maximum atomic E-state index is 12.8. The molecule has 1 aromatic carbocycles. The van der Waals surface area contributed by atoms with Crippen LogP contribution in [0.1, 0.15) is 76.2 Å². The van der Waals surface area contributed by atoms with Gasteiger partial charge in [-0.05, 0) is 58.1 Å². The summed E-state index contributed by atoms with van der Waals surface area (Å²) < 4.78 is 40.3. The van der Waals surface area contributed by atoms with Crippen LogP contribution in [0.15, 0.2) is 18.2 Å². The van der Waals surface area contributed by atoms with Crippen molar-refractivity contribution in [3.8, 4) is 11.5 Å². The highest BCUT2D eigenvalue weighted by Gasteiger charge is 2.45. The second-order valence-electron chi connectivity index (χ2n) is 10.1. The molecule has 36 heavy (non-hydrogen) atoms. The van der Waals surface area contributed by atoms with E-state index in [1.165, 1.54) is 0 Å². The molecule has 0 radical (unpaired) electrons. The largest absolute Gasteiger partial charge is 0.497 e. The van der Waals surface area contributed by atoms with E-state index >= 15 is 0 Å². The van der Waals surface area contributed by atoms with Crippen LogP contribution >= 0.6 is 0 Å². The summed E-state index contributed by atoms with van der Waals surface area (Å²) in [5, 5.41) is 9.64. The summed E-state index contributed by atoms with van der Waals surface area (Å²) >= 11 is 0. The molecule has 202 valence electrons. The molecule has 9 nitrogen and oxygen atoms in total. The monoisotopic (exact) mass is 508 g/mol. The van der Waals surface area contributed by atoms with E-state index in [1.807, 2.05) is 26.0 Å². The number of methoxy groups -OCH3 is 2. The lowest BCUT2D eigenvalue weighted by atomic mass is 9.98. The van der Waals surface area contributed by atoms with Crippen molar-refractivity contribution in [3.05, 3.63) is 29.3 Å². The van der Waals surface area contributed by atoms with Crippen LogP contribution < -0.4 is 9.47 Å². The zero-order valence-corrected chi connectivity index (χ0v) is 22.4. The first-order chi connectivity index (χ1) is 16.9. The lowest BCUT2D eigenvalue weighted by Crippen LogP contribution is -2.39. The number of carbonyl (C=O) groups excluding carboxylic acids is 1. The first-order valence-electron chi connectivity index (χ1n) is 12.4. The maximum Gasteiger partial charge on any atom is 0.345 e. The van der Waals surface area contributed by atoms with Crippen LogP contribution in [-0.2, 0) is 23.7 Å². The van der Waals surface area contributed by atoms with Crippen molar-refractivity contribution >= 4 is 12.0 Å². The quantitative estimate of drug-likeness (QED) is 0.324. The van der Waals surface area contributed by atoms with Gasteiger partial charge in [0.15, 0.2) is 5.79 Å². The lowest BCUT2D eigenvalue weighted by molar-refractivity contribution is -0.169. The van der Waals surface area contributed by atoms with E-state index in [4.69, 9.17) is 33.2 Å². The van der Waals surface area contributed by atoms with Gasteiger partial charge in [0, 0.05) is 27.0 Å². The number of cyclic esters (lactones) is 1. The molecular formula is C27H40O9. The minimum atomic E-state index is -1.06. The molecule has 0 aliphatic carbocycles. The standard InChI is InChI=1S/C27H40O9/c1-17(28)10-8-13-21-24(35-26(2,3)33-21)20(32-16-30-6)12-9-11-18-14-19(31-7)15-22-23(18)25(29)36-27(4,5)34-22/h9,11,14-15,17,20-21,24,28H,8,10,12-13,16H2,1-7H3/b11-9+/t17-,20-,21?,24-/m0/s1. The van der Waals surface area contributed by atoms with Gasteiger partial charge in [-0.3, -0.25) is 0 Å². The Morgan fingerprint density at radius 2 is 1.86 bits per heavy atom. The zero-order valence-electron chi connectivity index (χ0n) is 22.4. The predicted molar refractivity (Wildman–Crippen MR) is 133 cm³/mol. The van der Waals surface area contributed by atoms with E-state index in [1.54, 1.807) is 47.1 Å². The SMILES string of the molecule is COCO[C@@H](C/C=C/c1cc(OC)cc2c1C(=O)OC(C)(C)O2)[C@@H]1OC(C)(C)OC1CCC[C@H](C)O. The van der Waals surface area contributed by atoms with Crippen molar-refractivity contribution in [3.63, 3.8) is 0 Å². The number of ether oxygens (including phenoxy) is 7. The van der Waals surface area contributed by atoms with Crippen LogP contribution in [0.5, 0.6) is 11.5 Å². The van der Waals surface area contributed by atoms with Crippen molar-refractivity contribution < 1.29 is 43.1 Å². The Balaban J connectivity index is 1.81. The Morgan fingerprint density at radius 1 is 1.11 bits per heavy atom. The molecule has 3 rings (SSSR count). The highest BCUT2D eigenvalue weighted by atomic mass is 16.8. The molecule has 4 atom stereocenters. The minimum absolute atomic E-state index is 0.100. The van der Waals surface area contributed by atoms with Gasteiger partial charge in [-0.25, -0.2) is 4.79 Å². The van der Waals surface area contributed by atoms with Crippen LogP contribution in [0.25, 0.3) is 6.08 Å². The van der Waals surface area contributed by atoms with E-state index in [2.05, 4.69) is 0 Å². The van der Waals surface area contributed by atoms with Crippen molar-refractivity contribution in [2.45, 2.75) is 96.3 Å². The molecule has 2 aliphatic rings. The Morgan fingerprint density at radius 3 is 2.53 bits per heavy atom. The summed E-state index contributed by atoms with van der Waals surface area (Å²) in [6.07, 6.45) is 5.21. The fraction of sp³-hybridized carbons (Fsp3) is 0.667. The molecule has 9 heteroatoms. The van der Waals surface area contributed by atoms with Crippen LogP contribution in [0.2, 0.25) is 0 Å². The van der Waals surface area contributed by atoms with Gasteiger partial charge in [-0.1, -0.05) is 12.2 Å². The summed E-state index contributed by atoms with van der Waals surface area (Å²) in [5.41, 5.74) is 0.964. The molecule has 0 aromatic heterocycles. The van der Waals surface area contributed by atoms with Crippen LogP contribution in [0.4, 0.5) is 0 Å². The average molecular weight is 509 g/mol. The van der Waals surface area contributed by atoms with E-state index in [0.29, 0.717) is 35.5 Å². The van der Waals surface area contributed by atoms with Crippen LogP contribution in [-0.4, -0.2) is 68.1 Å². The van der Waals surface area contributed by atoms with Crippen molar-refractivity contribution in [1.29, 1.82) is 0 Å². The first kappa shape index (κ1) is 28.4. The number of fused-ring (bicyclic) bond motifs is 1. The van der Waals surface area contributed by atoms with E-state index in [-0.39, 0.29) is 31.2 Å². The Kier molecular flexibility index (Phi) is 9.40.